The zero-order valence-electron chi connectivity index (χ0n) is 3.90. The van der Waals surface area contributed by atoms with Crippen LogP contribution in [-0.2, 0) is 4.33 Å². The molecule has 0 fully saturated rings. The second-order valence-electron chi connectivity index (χ2n) is 1.09. The highest BCUT2D eigenvalue weighted by Crippen LogP contribution is 2.22. The van der Waals surface area contributed by atoms with E-state index in [-0.39, 0.29) is 0 Å². The molecule has 0 aliphatic carbocycles. The second-order valence-corrected chi connectivity index (χ2v) is 3.05. The number of thiophene rings is 1. The first-order chi connectivity index (χ1) is 3.93. The predicted molar refractivity (Wildman–Crippen MR) is 33.9 cm³/mol. The molecule has 0 bridgehead atoms. The van der Waals surface area contributed by atoms with Gasteiger partial charge < -0.3 is 0 Å². The van der Waals surface area contributed by atoms with Crippen molar-refractivity contribution in [1.82, 2.24) is 0 Å². The fourth-order valence-corrected chi connectivity index (χ4v) is 1.42. The van der Waals surface area contributed by atoms with Crippen LogP contribution in [0.5, 0.6) is 0 Å². The SMILES string of the molecule is OOSc1cccs1. The lowest BCUT2D eigenvalue weighted by Crippen LogP contribution is -1.61. The summed E-state index contributed by atoms with van der Waals surface area (Å²) in [6.45, 7) is 0. The van der Waals surface area contributed by atoms with Crippen molar-refractivity contribution in [3.63, 3.8) is 0 Å². The summed E-state index contributed by atoms with van der Waals surface area (Å²) < 4.78 is 4.76. The first kappa shape index (κ1) is 6.10. The second kappa shape index (κ2) is 3.09. The van der Waals surface area contributed by atoms with Crippen LogP contribution in [0, 0.1) is 0 Å². The van der Waals surface area contributed by atoms with E-state index in [1.807, 2.05) is 17.5 Å². The van der Waals surface area contributed by atoms with Crippen molar-refractivity contribution in [2.45, 2.75) is 4.21 Å². The van der Waals surface area contributed by atoms with Gasteiger partial charge in [0, 0.05) is 0 Å². The lowest BCUT2D eigenvalue weighted by molar-refractivity contribution is -0.116. The summed E-state index contributed by atoms with van der Waals surface area (Å²) in [5.41, 5.74) is 0. The summed E-state index contributed by atoms with van der Waals surface area (Å²) in [6, 6.07) is 3.76. The van der Waals surface area contributed by atoms with Gasteiger partial charge in [-0.15, -0.1) is 11.3 Å². The van der Waals surface area contributed by atoms with Gasteiger partial charge in [0.25, 0.3) is 0 Å². The number of rotatable bonds is 2. The summed E-state index contributed by atoms with van der Waals surface area (Å²) in [7, 11) is 0. The largest absolute Gasteiger partial charge is 0.239 e. The van der Waals surface area contributed by atoms with Crippen molar-refractivity contribution < 1.29 is 9.59 Å². The first-order valence-corrected chi connectivity index (χ1v) is 3.57. The van der Waals surface area contributed by atoms with Crippen LogP contribution in [0.2, 0.25) is 0 Å². The number of hydrogen-bond acceptors (Lipinski definition) is 4. The lowest BCUT2D eigenvalue weighted by Gasteiger charge is -1.84. The Morgan fingerprint density at radius 1 is 1.75 bits per heavy atom. The summed E-state index contributed by atoms with van der Waals surface area (Å²) in [5, 5.41) is 9.83. The molecular weight excluding hydrogens is 144 g/mol. The van der Waals surface area contributed by atoms with E-state index in [1.54, 1.807) is 0 Å². The fraction of sp³-hybridized carbons (Fsp3) is 0. The van der Waals surface area contributed by atoms with E-state index in [1.165, 1.54) is 11.3 Å². The molecule has 2 nitrogen and oxygen atoms in total. The van der Waals surface area contributed by atoms with Gasteiger partial charge in [0.05, 0.1) is 16.3 Å². The van der Waals surface area contributed by atoms with Gasteiger partial charge >= 0.3 is 0 Å². The predicted octanol–water partition coefficient (Wildman–Crippen LogP) is 2.24. The number of hydrogen-bond donors (Lipinski definition) is 1. The molecule has 44 valence electrons. The van der Waals surface area contributed by atoms with Crippen LogP contribution in [0.4, 0.5) is 0 Å². The van der Waals surface area contributed by atoms with Crippen LogP contribution in [-0.4, -0.2) is 5.26 Å². The zero-order chi connectivity index (χ0) is 5.82. The molecule has 0 atom stereocenters. The monoisotopic (exact) mass is 148 g/mol. The van der Waals surface area contributed by atoms with Crippen LogP contribution in [0.1, 0.15) is 0 Å². The lowest BCUT2D eigenvalue weighted by atomic mass is 10.7. The van der Waals surface area contributed by atoms with Crippen LogP contribution in [0.3, 0.4) is 0 Å². The van der Waals surface area contributed by atoms with Gasteiger partial charge in [0.1, 0.15) is 0 Å². The highest BCUT2D eigenvalue weighted by atomic mass is 32.2. The van der Waals surface area contributed by atoms with Crippen LogP contribution in [0.25, 0.3) is 0 Å². The molecular formula is C4H4O2S2. The van der Waals surface area contributed by atoms with Crippen molar-refractivity contribution in [3.05, 3.63) is 17.5 Å². The molecule has 0 radical (unpaired) electrons. The van der Waals surface area contributed by atoms with Gasteiger partial charge in [0.2, 0.25) is 0 Å². The van der Waals surface area contributed by atoms with E-state index in [2.05, 4.69) is 4.33 Å². The molecule has 1 rings (SSSR count). The van der Waals surface area contributed by atoms with Crippen LogP contribution < -0.4 is 0 Å². The summed E-state index contributed by atoms with van der Waals surface area (Å²) in [5.74, 6) is 0. The molecule has 1 N–H and O–H groups in total. The van der Waals surface area contributed by atoms with Crippen molar-refractivity contribution in [3.8, 4) is 0 Å². The molecule has 1 heterocycles. The minimum absolute atomic E-state index is 0.951. The molecule has 4 heteroatoms. The summed E-state index contributed by atoms with van der Waals surface area (Å²) in [6.07, 6.45) is 0. The van der Waals surface area contributed by atoms with E-state index >= 15 is 0 Å². The Labute approximate surface area is 55.2 Å². The summed E-state index contributed by atoms with van der Waals surface area (Å²) in [4.78, 5) is 0. The Balaban J connectivity index is 2.50. The standard InChI is InChI=1S/C4H4O2S2/c5-6-8-4-2-1-3-7-4/h1-3,5H. The minimum Gasteiger partial charge on any atom is -0.239 e. The Hall–Kier alpha value is -0.0300. The topological polar surface area (TPSA) is 29.5 Å². The van der Waals surface area contributed by atoms with Crippen molar-refractivity contribution in [2.24, 2.45) is 0 Å². The Bertz CT molecular complexity index is 138. The average Bonchev–Trinajstić information content (AvgIpc) is 2.19. The fourth-order valence-electron chi connectivity index (χ4n) is 0.348. The van der Waals surface area contributed by atoms with Crippen LogP contribution in [0.15, 0.2) is 21.7 Å². The molecule has 0 unspecified atom stereocenters. The summed E-state index contributed by atoms with van der Waals surface area (Å²) >= 11 is 2.48. The molecule has 0 spiro atoms. The molecule has 0 amide bonds. The Morgan fingerprint density at radius 2 is 2.62 bits per heavy atom. The third-order valence-electron chi connectivity index (χ3n) is 0.614. The van der Waals surface area contributed by atoms with Crippen molar-refractivity contribution in [2.75, 3.05) is 0 Å². The molecule has 1 aromatic heterocycles. The van der Waals surface area contributed by atoms with E-state index < -0.39 is 0 Å². The molecule has 0 saturated carbocycles. The smallest absolute Gasteiger partial charge is 0.0908 e. The van der Waals surface area contributed by atoms with Crippen molar-refractivity contribution in [1.29, 1.82) is 0 Å². The Morgan fingerprint density at radius 3 is 3.12 bits per heavy atom. The quantitative estimate of drug-likeness (QED) is 0.396. The maximum Gasteiger partial charge on any atom is 0.0908 e. The molecule has 0 aliphatic heterocycles. The maximum atomic E-state index is 7.91. The van der Waals surface area contributed by atoms with Crippen molar-refractivity contribution >= 4 is 23.4 Å². The molecule has 0 aliphatic rings. The van der Waals surface area contributed by atoms with E-state index in [0.717, 1.165) is 16.3 Å². The maximum absolute atomic E-state index is 7.91. The van der Waals surface area contributed by atoms with Gasteiger partial charge in [0.15, 0.2) is 0 Å². The van der Waals surface area contributed by atoms with Crippen LogP contribution >= 0.6 is 23.4 Å². The van der Waals surface area contributed by atoms with Gasteiger partial charge in [-0.05, 0) is 11.4 Å². The third kappa shape index (κ3) is 1.48. The molecule has 8 heavy (non-hydrogen) atoms. The minimum atomic E-state index is 0.951. The highest BCUT2D eigenvalue weighted by Gasteiger charge is 1.90. The highest BCUT2D eigenvalue weighted by molar-refractivity contribution is 7.96. The van der Waals surface area contributed by atoms with E-state index in [0.29, 0.717) is 0 Å². The van der Waals surface area contributed by atoms with Gasteiger partial charge in [-0.25, -0.2) is 5.26 Å². The van der Waals surface area contributed by atoms with E-state index in [4.69, 9.17) is 5.26 Å². The van der Waals surface area contributed by atoms with Gasteiger partial charge in [-0.2, -0.15) is 4.33 Å². The van der Waals surface area contributed by atoms with E-state index in [9.17, 15) is 0 Å². The van der Waals surface area contributed by atoms with Gasteiger partial charge in [-0.3, -0.25) is 0 Å². The molecule has 1 aromatic rings. The molecule has 0 saturated heterocycles. The van der Waals surface area contributed by atoms with Gasteiger partial charge in [-0.1, -0.05) is 6.07 Å². The molecule has 0 aromatic carbocycles. The zero-order valence-corrected chi connectivity index (χ0v) is 5.54. The Kier molecular flexibility index (Phi) is 2.35. The normalized spacial score (nSPS) is 9.62. The first-order valence-electron chi connectivity index (χ1n) is 1.95. The average molecular weight is 148 g/mol. The third-order valence-corrected chi connectivity index (χ3v) is 2.14.